The van der Waals surface area contributed by atoms with Crippen molar-refractivity contribution in [2.24, 2.45) is 18.7 Å². The van der Waals surface area contributed by atoms with Gasteiger partial charge in [-0.15, -0.1) is 0 Å². The summed E-state index contributed by atoms with van der Waals surface area (Å²) in [5.41, 5.74) is 7.73. The second kappa shape index (κ2) is 4.88. The highest BCUT2D eigenvalue weighted by atomic mass is 32.1. The molecule has 2 heterocycles. The van der Waals surface area contributed by atoms with Crippen LogP contribution < -0.4 is 10.6 Å². The minimum atomic E-state index is 0.445. The van der Waals surface area contributed by atoms with Crippen LogP contribution in [0.4, 0.5) is 5.82 Å². The third-order valence-electron chi connectivity index (χ3n) is 3.83. The number of hydrogen-bond donors (Lipinski definition) is 1. The number of aromatic nitrogens is 2. The summed E-state index contributed by atoms with van der Waals surface area (Å²) >= 11 is 5.19. The summed E-state index contributed by atoms with van der Waals surface area (Å²) in [5.74, 6) is 1.79. The Hall–Kier alpha value is -1.10. The van der Waals surface area contributed by atoms with Gasteiger partial charge in [-0.1, -0.05) is 19.1 Å². The third-order valence-corrected chi connectivity index (χ3v) is 4.03. The van der Waals surface area contributed by atoms with Crippen LogP contribution in [0.1, 0.15) is 37.9 Å². The van der Waals surface area contributed by atoms with Gasteiger partial charge < -0.3 is 10.6 Å². The predicted molar refractivity (Wildman–Crippen MR) is 79.0 cm³/mol. The Morgan fingerprint density at radius 2 is 2.06 bits per heavy atom. The number of rotatable bonds is 2. The first kappa shape index (κ1) is 13.3. The van der Waals surface area contributed by atoms with Crippen LogP contribution in [0.2, 0.25) is 0 Å². The Bertz CT molecular complexity index is 466. The first-order chi connectivity index (χ1) is 8.41. The predicted octanol–water partition coefficient (Wildman–Crippen LogP) is 1.99. The van der Waals surface area contributed by atoms with E-state index >= 15 is 0 Å². The van der Waals surface area contributed by atoms with E-state index in [1.807, 2.05) is 18.7 Å². The van der Waals surface area contributed by atoms with Crippen molar-refractivity contribution in [2.75, 3.05) is 11.4 Å². The van der Waals surface area contributed by atoms with Gasteiger partial charge in [0, 0.05) is 19.6 Å². The lowest BCUT2D eigenvalue weighted by atomic mass is 9.94. The van der Waals surface area contributed by atoms with E-state index in [0.29, 0.717) is 16.9 Å². The van der Waals surface area contributed by atoms with E-state index in [0.717, 1.165) is 23.6 Å². The highest BCUT2D eigenvalue weighted by molar-refractivity contribution is 7.80. The van der Waals surface area contributed by atoms with Crippen molar-refractivity contribution in [3.63, 3.8) is 0 Å². The van der Waals surface area contributed by atoms with Gasteiger partial charge in [-0.2, -0.15) is 5.10 Å². The van der Waals surface area contributed by atoms with Gasteiger partial charge in [-0.3, -0.25) is 4.68 Å². The van der Waals surface area contributed by atoms with E-state index in [1.54, 1.807) is 0 Å². The maximum absolute atomic E-state index is 5.87. The zero-order chi connectivity index (χ0) is 13.4. The van der Waals surface area contributed by atoms with E-state index in [2.05, 4.69) is 23.8 Å². The molecule has 2 rings (SSSR count). The molecule has 0 aromatic carbocycles. The number of aryl methyl sites for hydroxylation is 2. The minimum Gasteiger partial charge on any atom is -0.389 e. The molecule has 1 aromatic rings. The van der Waals surface area contributed by atoms with Crippen molar-refractivity contribution >= 4 is 23.0 Å². The molecular formula is C13H22N4S. The molecule has 1 aliphatic heterocycles. The van der Waals surface area contributed by atoms with Crippen LogP contribution >= 0.6 is 12.2 Å². The molecule has 2 N–H and O–H groups in total. The van der Waals surface area contributed by atoms with Crippen molar-refractivity contribution in [2.45, 2.75) is 39.7 Å². The summed E-state index contributed by atoms with van der Waals surface area (Å²) in [6.07, 6.45) is 2.50. The molecule has 2 unspecified atom stereocenters. The van der Waals surface area contributed by atoms with Crippen LogP contribution in [0.3, 0.4) is 0 Å². The summed E-state index contributed by atoms with van der Waals surface area (Å²) in [7, 11) is 1.97. The van der Waals surface area contributed by atoms with E-state index in [1.165, 1.54) is 12.8 Å². The molecule has 1 aliphatic rings. The molecule has 2 atom stereocenters. The molecule has 1 aromatic heterocycles. The Labute approximate surface area is 114 Å². The van der Waals surface area contributed by atoms with Crippen LogP contribution in [0.25, 0.3) is 0 Å². The largest absolute Gasteiger partial charge is 0.389 e. The van der Waals surface area contributed by atoms with Crippen LogP contribution in [0.15, 0.2) is 0 Å². The zero-order valence-corrected chi connectivity index (χ0v) is 12.4. The van der Waals surface area contributed by atoms with Gasteiger partial charge in [0.2, 0.25) is 0 Å². The number of thiocarbonyl (C=S) groups is 1. The first-order valence-corrected chi connectivity index (χ1v) is 6.92. The SMILES string of the molecule is Cc1nn(C)c(N2CC(C)CCC2C)c1C(N)=S. The summed E-state index contributed by atoms with van der Waals surface area (Å²) in [6, 6.07) is 0.518. The van der Waals surface area contributed by atoms with E-state index in [9.17, 15) is 0 Å². The smallest absolute Gasteiger partial charge is 0.137 e. The van der Waals surface area contributed by atoms with Crippen molar-refractivity contribution < 1.29 is 0 Å². The second-order valence-electron chi connectivity index (χ2n) is 5.46. The zero-order valence-electron chi connectivity index (χ0n) is 11.6. The van der Waals surface area contributed by atoms with Gasteiger partial charge in [-0.05, 0) is 32.6 Å². The lowest BCUT2D eigenvalue weighted by molar-refractivity contribution is 0.384. The molecule has 5 heteroatoms. The number of piperidine rings is 1. The average Bonchev–Trinajstić information content (AvgIpc) is 2.57. The molecule has 0 saturated carbocycles. The molecule has 100 valence electrons. The fourth-order valence-electron chi connectivity index (χ4n) is 2.85. The van der Waals surface area contributed by atoms with E-state index < -0.39 is 0 Å². The average molecular weight is 266 g/mol. The number of anilines is 1. The lowest BCUT2D eigenvalue weighted by Gasteiger charge is -2.38. The highest BCUT2D eigenvalue weighted by Gasteiger charge is 2.29. The van der Waals surface area contributed by atoms with E-state index in [4.69, 9.17) is 18.0 Å². The summed E-state index contributed by atoms with van der Waals surface area (Å²) < 4.78 is 1.92. The fourth-order valence-corrected chi connectivity index (χ4v) is 3.09. The number of hydrogen-bond acceptors (Lipinski definition) is 3. The topological polar surface area (TPSA) is 47.1 Å². The number of nitrogens with zero attached hydrogens (tertiary/aromatic N) is 3. The summed E-state index contributed by atoms with van der Waals surface area (Å²) in [5, 5.41) is 4.47. The van der Waals surface area contributed by atoms with Gasteiger partial charge in [-0.25, -0.2) is 0 Å². The Kier molecular flexibility index (Phi) is 3.61. The maximum Gasteiger partial charge on any atom is 0.137 e. The number of nitrogens with two attached hydrogens (primary N) is 1. The molecule has 0 amide bonds. The molecule has 1 fully saturated rings. The molecule has 0 bridgehead atoms. The Morgan fingerprint density at radius 3 is 2.67 bits per heavy atom. The second-order valence-corrected chi connectivity index (χ2v) is 5.90. The molecule has 0 radical (unpaired) electrons. The lowest BCUT2D eigenvalue weighted by Crippen LogP contribution is -2.43. The van der Waals surface area contributed by atoms with Crippen molar-refractivity contribution in [3.05, 3.63) is 11.3 Å². The van der Waals surface area contributed by atoms with Crippen molar-refractivity contribution in [3.8, 4) is 0 Å². The van der Waals surface area contributed by atoms with Gasteiger partial charge in [0.25, 0.3) is 0 Å². The molecule has 4 nitrogen and oxygen atoms in total. The summed E-state index contributed by atoms with van der Waals surface area (Å²) in [6.45, 7) is 7.58. The Morgan fingerprint density at radius 1 is 1.39 bits per heavy atom. The van der Waals surface area contributed by atoms with Gasteiger partial charge in [0.05, 0.1) is 11.3 Å². The summed E-state index contributed by atoms with van der Waals surface area (Å²) in [4.78, 5) is 2.85. The molecule has 18 heavy (non-hydrogen) atoms. The van der Waals surface area contributed by atoms with Gasteiger partial charge in [0.15, 0.2) is 0 Å². The molecular weight excluding hydrogens is 244 g/mol. The quantitative estimate of drug-likeness (QED) is 0.832. The van der Waals surface area contributed by atoms with Crippen LogP contribution in [-0.2, 0) is 7.05 Å². The molecule has 1 saturated heterocycles. The van der Waals surface area contributed by atoms with Crippen molar-refractivity contribution in [1.29, 1.82) is 0 Å². The molecule has 0 spiro atoms. The fraction of sp³-hybridized carbons (Fsp3) is 0.692. The van der Waals surface area contributed by atoms with Gasteiger partial charge in [0.1, 0.15) is 10.8 Å². The Balaban J connectivity index is 2.46. The minimum absolute atomic E-state index is 0.445. The van der Waals surface area contributed by atoms with Crippen molar-refractivity contribution in [1.82, 2.24) is 9.78 Å². The third kappa shape index (κ3) is 2.23. The van der Waals surface area contributed by atoms with E-state index in [-0.39, 0.29) is 0 Å². The molecule has 0 aliphatic carbocycles. The van der Waals surface area contributed by atoms with Crippen LogP contribution in [0.5, 0.6) is 0 Å². The van der Waals surface area contributed by atoms with Crippen LogP contribution in [0, 0.1) is 12.8 Å². The standard InChI is InChI=1S/C13H22N4S/c1-8-5-6-9(2)17(7-8)13-11(12(14)18)10(3)15-16(13)4/h8-9H,5-7H2,1-4H3,(H2,14,18). The van der Waals surface area contributed by atoms with Gasteiger partial charge >= 0.3 is 0 Å². The maximum atomic E-state index is 5.87. The highest BCUT2D eigenvalue weighted by Crippen LogP contribution is 2.31. The normalized spacial score (nSPS) is 24.3. The first-order valence-electron chi connectivity index (χ1n) is 6.51. The van der Waals surface area contributed by atoms with Crippen LogP contribution in [-0.4, -0.2) is 27.4 Å². The monoisotopic (exact) mass is 266 g/mol.